The third kappa shape index (κ3) is 4.24. The topological polar surface area (TPSA) is 38.3 Å². The minimum atomic E-state index is -0.496. The van der Waals surface area contributed by atoms with E-state index in [1.807, 2.05) is 0 Å². The molecule has 0 aliphatic heterocycles. The molecule has 88 valence electrons. The van der Waals surface area contributed by atoms with Gasteiger partial charge in [-0.2, -0.15) is 0 Å². The Bertz CT molecular complexity index is 374. The molecule has 0 radical (unpaired) electrons. The van der Waals surface area contributed by atoms with E-state index >= 15 is 0 Å². The van der Waals surface area contributed by atoms with E-state index in [1.54, 1.807) is 0 Å². The molecule has 1 rings (SSSR count). The molecule has 0 bridgehead atoms. The Labute approximate surface area is 102 Å². The van der Waals surface area contributed by atoms with Gasteiger partial charge in [-0.15, -0.1) is 11.6 Å². The fraction of sp³-hybridized carbons (Fsp3) is 0.300. The van der Waals surface area contributed by atoms with Crippen LogP contribution in [0.4, 0.5) is 4.39 Å². The van der Waals surface area contributed by atoms with Crippen molar-refractivity contribution < 1.29 is 13.9 Å². The third-order valence-electron chi connectivity index (χ3n) is 1.71. The van der Waals surface area contributed by atoms with E-state index in [0.717, 1.165) is 0 Å². The van der Waals surface area contributed by atoms with Crippen molar-refractivity contribution >= 4 is 29.1 Å². The lowest BCUT2D eigenvalue weighted by molar-refractivity contribution is -0.118. The maximum Gasteiger partial charge on any atom is 0.235 e. The lowest BCUT2D eigenvalue weighted by atomic mass is 10.3. The number of halogens is 3. The van der Waals surface area contributed by atoms with Gasteiger partial charge in [0.05, 0.1) is 11.6 Å². The van der Waals surface area contributed by atoms with Crippen molar-refractivity contribution in [3.63, 3.8) is 0 Å². The van der Waals surface area contributed by atoms with Crippen molar-refractivity contribution in [2.45, 2.75) is 0 Å². The quantitative estimate of drug-likeness (QED) is 0.655. The van der Waals surface area contributed by atoms with Gasteiger partial charge in [0.25, 0.3) is 0 Å². The van der Waals surface area contributed by atoms with Crippen LogP contribution in [0.2, 0.25) is 5.02 Å². The summed E-state index contributed by atoms with van der Waals surface area (Å²) in [6.07, 6.45) is 0. The first-order chi connectivity index (χ1) is 7.63. The van der Waals surface area contributed by atoms with Gasteiger partial charge in [0.1, 0.15) is 24.1 Å². The molecule has 0 aliphatic rings. The molecule has 0 spiro atoms. The molecule has 1 N–H and O–H groups in total. The average molecular weight is 266 g/mol. The molecule has 0 aliphatic carbocycles. The number of carbonyl (C=O) groups is 1. The van der Waals surface area contributed by atoms with Crippen LogP contribution < -0.4 is 10.1 Å². The van der Waals surface area contributed by atoms with E-state index in [1.165, 1.54) is 18.2 Å². The van der Waals surface area contributed by atoms with Crippen LogP contribution in [0.25, 0.3) is 0 Å². The van der Waals surface area contributed by atoms with E-state index < -0.39 is 5.82 Å². The number of hydrogen-bond donors (Lipinski definition) is 1. The van der Waals surface area contributed by atoms with Crippen LogP contribution in [0.5, 0.6) is 5.75 Å². The number of rotatable bonds is 5. The lowest BCUT2D eigenvalue weighted by Crippen LogP contribution is -2.28. The molecule has 0 fully saturated rings. The van der Waals surface area contributed by atoms with E-state index in [9.17, 15) is 9.18 Å². The highest BCUT2D eigenvalue weighted by atomic mass is 35.5. The highest BCUT2D eigenvalue weighted by Gasteiger charge is 2.02. The summed E-state index contributed by atoms with van der Waals surface area (Å²) < 4.78 is 18.0. The largest absolute Gasteiger partial charge is 0.492 e. The summed E-state index contributed by atoms with van der Waals surface area (Å²) in [7, 11) is 0. The molecule has 16 heavy (non-hydrogen) atoms. The van der Waals surface area contributed by atoms with Crippen molar-refractivity contribution in [3.05, 3.63) is 29.0 Å². The summed E-state index contributed by atoms with van der Waals surface area (Å²) >= 11 is 10.8. The number of ether oxygens (including phenoxy) is 1. The Balaban J connectivity index is 2.32. The second kappa shape index (κ2) is 6.55. The predicted molar refractivity (Wildman–Crippen MR) is 60.6 cm³/mol. The van der Waals surface area contributed by atoms with E-state index in [4.69, 9.17) is 27.9 Å². The van der Waals surface area contributed by atoms with Crippen molar-refractivity contribution in [1.82, 2.24) is 5.32 Å². The van der Waals surface area contributed by atoms with Gasteiger partial charge in [0.15, 0.2) is 0 Å². The predicted octanol–water partition coefficient (Wildman–Crippen LogP) is 2.21. The first-order valence-corrected chi connectivity index (χ1v) is 5.45. The zero-order valence-corrected chi connectivity index (χ0v) is 9.82. The summed E-state index contributed by atoms with van der Waals surface area (Å²) in [4.78, 5) is 10.8. The summed E-state index contributed by atoms with van der Waals surface area (Å²) in [6, 6.07) is 4.06. The minimum absolute atomic E-state index is 0.00212. The third-order valence-corrected chi connectivity index (χ3v) is 2.24. The molecule has 6 heteroatoms. The summed E-state index contributed by atoms with van der Waals surface area (Å²) in [5, 5.41) is 2.53. The lowest BCUT2D eigenvalue weighted by Gasteiger charge is -2.07. The molecule has 1 amide bonds. The standard InChI is InChI=1S/C10H10Cl2FNO2/c11-6-10(15)14-3-4-16-7-1-2-9(13)8(12)5-7/h1-2,5H,3-4,6H2,(H,14,15). The Morgan fingerprint density at radius 2 is 2.25 bits per heavy atom. The molecular formula is C10H10Cl2FNO2. The zero-order valence-electron chi connectivity index (χ0n) is 8.30. The van der Waals surface area contributed by atoms with Crippen molar-refractivity contribution in [3.8, 4) is 5.75 Å². The monoisotopic (exact) mass is 265 g/mol. The Morgan fingerprint density at radius 1 is 1.50 bits per heavy atom. The van der Waals surface area contributed by atoms with E-state index in [2.05, 4.69) is 5.32 Å². The number of benzene rings is 1. The highest BCUT2D eigenvalue weighted by Crippen LogP contribution is 2.20. The van der Waals surface area contributed by atoms with Gasteiger partial charge in [-0.25, -0.2) is 4.39 Å². The number of carbonyl (C=O) groups excluding carboxylic acids is 1. The molecule has 3 nitrogen and oxygen atoms in total. The first-order valence-electron chi connectivity index (χ1n) is 4.54. The number of nitrogens with one attached hydrogen (secondary N) is 1. The molecule has 0 aromatic heterocycles. The molecule has 1 aromatic carbocycles. The van der Waals surface area contributed by atoms with Crippen molar-refractivity contribution in [1.29, 1.82) is 0 Å². The van der Waals surface area contributed by atoms with Gasteiger partial charge in [-0.3, -0.25) is 4.79 Å². The smallest absolute Gasteiger partial charge is 0.235 e. The van der Waals surface area contributed by atoms with Crippen LogP contribution in [0.3, 0.4) is 0 Å². The second-order valence-electron chi connectivity index (χ2n) is 2.91. The first kappa shape index (κ1) is 13.1. The number of amides is 1. The summed E-state index contributed by atoms with van der Waals surface area (Å²) in [5.74, 6) is -0.388. The Hall–Kier alpha value is -1.00. The van der Waals surface area contributed by atoms with Gasteiger partial charge >= 0.3 is 0 Å². The van der Waals surface area contributed by atoms with Crippen molar-refractivity contribution in [2.75, 3.05) is 19.0 Å². The Kier molecular flexibility index (Phi) is 5.35. The van der Waals surface area contributed by atoms with Gasteiger partial charge in [-0.1, -0.05) is 11.6 Å². The molecule has 0 atom stereocenters. The second-order valence-corrected chi connectivity index (χ2v) is 3.58. The number of alkyl halides is 1. The maximum atomic E-state index is 12.8. The van der Waals surface area contributed by atoms with Crippen LogP contribution in [0.15, 0.2) is 18.2 Å². The molecule has 0 saturated carbocycles. The van der Waals surface area contributed by atoms with Gasteiger partial charge in [0, 0.05) is 6.07 Å². The summed E-state index contributed by atoms with van der Waals surface area (Å²) in [6.45, 7) is 0.602. The normalized spacial score (nSPS) is 9.94. The zero-order chi connectivity index (χ0) is 12.0. The van der Waals surface area contributed by atoms with Crippen LogP contribution in [0, 0.1) is 5.82 Å². The SMILES string of the molecule is O=C(CCl)NCCOc1ccc(F)c(Cl)c1. The van der Waals surface area contributed by atoms with Crippen LogP contribution in [-0.4, -0.2) is 24.9 Å². The average Bonchev–Trinajstić information content (AvgIpc) is 2.28. The van der Waals surface area contributed by atoms with Crippen molar-refractivity contribution in [2.24, 2.45) is 0 Å². The molecule has 0 unspecified atom stereocenters. The van der Waals surface area contributed by atoms with Crippen LogP contribution >= 0.6 is 23.2 Å². The van der Waals surface area contributed by atoms with Gasteiger partial charge in [-0.05, 0) is 12.1 Å². The minimum Gasteiger partial charge on any atom is -0.492 e. The van der Waals surface area contributed by atoms with Crippen LogP contribution in [0.1, 0.15) is 0 Å². The fourth-order valence-electron chi connectivity index (χ4n) is 0.973. The summed E-state index contributed by atoms with van der Waals surface area (Å²) in [5.41, 5.74) is 0. The maximum absolute atomic E-state index is 12.8. The molecule has 0 saturated heterocycles. The molecule has 1 aromatic rings. The molecular weight excluding hydrogens is 256 g/mol. The molecule has 0 heterocycles. The van der Waals surface area contributed by atoms with Crippen LogP contribution in [-0.2, 0) is 4.79 Å². The fourth-order valence-corrected chi connectivity index (χ4v) is 1.24. The van der Waals surface area contributed by atoms with Gasteiger partial charge in [0.2, 0.25) is 5.91 Å². The highest BCUT2D eigenvalue weighted by molar-refractivity contribution is 6.30. The number of hydrogen-bond acceptors (Lipinski definition) is 2. The van der Waals surface area contributed by atoms with E-state index in [0.29, 0.717) is 12.3 Å². The van der Waals surface area contributed by atoms with Gasteiger partial charge < -0.3 is 10.1 Å². The van der Waals surface area contributed by atoms with E-state index in [-0.39, 0.29) is 23.4 Å². The Morgan fingerprint density at radius 3 is 2.88 bits per heavy atom.